The van der Waals surface area contributed by atoms with Crippen LogP contribution in [-0.4, -0.2) is 30.4 Å². The van der Waals surface area contributed by atoms with Crippen LogP contribution in [0.25, 0.3) is 0 Å². The number of likely N-dealkylation sites (N-methyl/N-ethyl adjacent to an activating group) is 1. The van der Waals surface area contributed by atoms with Crippen LogP contribution in [0, 0.1) is 0 Å². The van der Waals surface area contributed by atoms with Gasteiger partial charge in [-0.15, -0.1) is 12.4 Å². The van der Waals surface area contributed by atoms with Gasteiger partial charge in [0.2, 0.25) is 0 Å². The topological polar surface area (TPSA) is 46.3 Å². The zero-order valence-corrected chi connectivity index (χ0v) is 12.8. The smallest absolute Gasteiger partial charge is 0.255 e. The van der Waals surface area contributed by atoms with Crippen molar-refractivity contribution in [3.05, 3.63) is 33.3 Å². The minimum Gasteiger partial charge on any atom is -0.338 e. The molecule has 1 atom stereocenters. The van der Waals surface area contributed by atoms with Crippen molar-refractivity contribution in [2.45, 2.75) is 13.0 Å². The molecule has 96 valence electrons. The van der Waals surface area contributed by atoms with E-state index in [1.54, 1.807) is 30.1 Å². The maximum absolute atomic E-state index is 12.1. The van der Waals surface area contributed by atoms with E-state index in [9.17, 15) is 4.79 Å². The predicted octanol–water partition coefficient (Wildman–Crippen LogP) is 2.94. The largest absolute Gasteiger partial charge is 0.338 e. The van der Waals surface area contributed by atoms with Crippen LogP contribution in [0.5, 0.6) is 0 Å². The number of nitrogens with zero attached hydrogens (tertiary/aromatic N) is 1. The molecule has 1 aromatic rings. The van der Waals surface area contributed by atoms with Gasteiger partial charge in [0.05, 0.1) is 5.56 Å². The summed E-state index contributed by atoms with van der Waals surface area (Å²) in [5.74, 6) is -0.0681. The molecule has 1 aromatic carbocycles. The van der Waals surface area contributed by atoms with Gasteiger partial charge < -0.3 is 10.6 Å². The first-order valence-electron chi connectivity index (χ1n) is 4.89. The van der Waals surface area contributed by atoms with Crippen LogP contribution in [0.3, 0.4) is 0 Å². The number of hydrogen-bond acceptors (Lipinski definition) is 2. The molecule has 0 saturated carbocycles. The summed E-state index contributed by atoms with van der Waals surface area (Å²) in [5, 5.41) is 0.595. The van der Waals surface area contributed by atoms with Crippen molar-refractivity contribution < 1.29 is 4.79 Å². The summed E-state index contributed by atoms with van der Waals surface area (Å²) in [5.41, 5.74) is 6.11. The van der Waals surface area contributed by atoms with E-state index >= 15 is 0 Å². The first-order chi connectivity index (χ1) is 7.47. The van der Waals surface area contributed by atoms with Crippen molar-refractivity contribution in [1.82, 2.24) is 4.90 Å². The van der Waals surface area contributed by atoms with Crippen molar-refractivity contribution in [2.75, 3.05) is 13.6 Å². The lowest BCUT2D eigenvalue weighted by atomic mass is 10.2. The van der Waals surface area contributed by atoms with E-state index in [0.29, 0.717) is 21.6 Å². The van der Waals surface area contributed by atoms with Gasteiger partial charge in [0.25, 0.3) is 5.91 Å². The van der Waals surface area contributed by atoms with E-state index in [1.807, 2.05) is 6.92 Å². The Labute approximate surface area is 121 Å². The van der Waals surface area contributed by atoms with E-state index in [1.165, 1.54) is 0 Å². The number of amides is 1. The second-order valence-corrected chi connectivity index (χ2v) is 4.92. The fraction of sp³-hybridized carbons (Fsp3) is 0.364. The van der Waals surface area contributed by atoms with Crippen molar-refractivity contribution in [2.24, 2.45) is 5.73 Å². The van der Waals surface area contributed by atoms with Gasteiger partial charge >= 0.3 is 0 Å². The molecule has 6 heteroatoms. The third-order valence-corrected chi connectivity index (χ3v) is 3.38. The average molecular weight is 342 g/mol. The van der Waals surface area contributed by atoms with Crippen molar-refractivity contribution in [3.8, 4) is 0 Å². The zero-order valence-electron chi connectivity index (χ0n) is 9.61. The molecule has 17 heavy (non-hydrogen) atoms. The lowest BCUT2D eigenvalue weighted by molar-refractivity contribution is 0.0747. The lowest BCUT2D eigenvalue weighted by Crippen LogP contribution is -2.39. The second-order valence-electron chi connectivity index (χ2n) is 3.62. The van der Waals surface area contributed by atoms with Gasteiger partial charge in [-0.3, -0.25) is 4.79 Å². The minimum atomic E-state index is -0.0681. The number of hydrogen-bond donors (Lipinski definition) is 1. The molecule has 1 unspecified atom stereocenters. The van der Waals surface area contributed by atoms with Crippen LogP contribution < -0.4 is 5.73 Å². The Balaban J connectivity index is 0.00000256. The van der Waals surface area contributed by atoms with Crippen LogP contribution in [0.1, 0.15) is 17.3 Å². The van der Waals surface area contributed by atoms with Crippen molar-refractivity contribution in [1.29, 1.82) is 0 Å². The molecule has 0 bridgehead atoms. The molecule has 0 saturated heterocycles. The molecule has 1 amide bonds. The fourth-order valence-corrected chi connectivity index (χ4v) is 2.06. The van der Waals surface area contributed by atoms with Crippen molar-refractivity contribution in [3.63, 3.8) is 0 Å². The monoisotopic (exact) mass is 340 g/mol. The van der Waals surface area contributed by atoms with E-state index in [0.717, 1.165) is 0 Å². The highest BCUT2D eigenvalue weighted by atomic mass is 79.9. The van der Waals surface area contributed by atoms with E-state index < -0.39 is 0 Å². The number of rotatable bonds is 3. The minimum absolute atomic E-state index is 0. The maximum Gasteiger partial charge on any atom is 0.255 e. The molecule has 0 spiro atoms. The van der Waals surface area contributed by atoms with Crippen molar-refractivity contribution >= 4 is 45.8 Å². The summed E-state index contributed by atoms with van der Waals surface area (Å²) < 4.78 is 0.695. The molecular weight excluding hydrogens is 327 g/mol. The number of benzene rings is 1. The Morgan fingerprint density at radius 2 is 2.18 bits per heavy atom. The molecule has 1 rings (SSSR count). The number of carbonyl (C=O) groups is 1. The highest BCUT2D eigenvalue weighted by molar-refractivity contribution is 9.10. The Morgan fingerprint density at radius 3 is 2.65 bits per heavy atom. The van der Waals surface area contributed by atoms with E-state index in [2.05, 4.69) is 15.9 Å². The summed E-state index contributed by atoms with van der Waals surface area (Å²) in [4.78, 5) is 13.7. The summed E-state index contributed by atoms with van der Waals surface area (Å²) in [6.45, 7) is 2.34. The molecule has 0 aliphatic rings. The Bertz CT molecular complexity index is 401. The molecule has 0 aromatic heterocycles. The number of halogens is 3. The lowest BCUT2D eigenvalue weighted by Gasteiger charge is -2.24. The quantitative estimate of drug-likeness (QED) is 0.918. The Hall–Kier alpha value is -0.290. The summed E-state index contributed by atoms with van der Waals surface area (Å²) >= 11 is 9.14. The van der Waals surface area contributed by atoms with Gasteiger partial charge in [0.1, 0.15) is 0 Å². The number of nitrogens with two attached hydrogens (primary N) is 1. The van der Waals surface area contributed by atoms with Crippen LogP contribution in [0.2, 0.25) is 5.02 Å². The molecule has 0 aliphatic heterocycles. The fourth-order valence-electron chi connectivity index (χ4n) is 1.21. The highest BCUT2D eigenvalue weighted by Crippen LogP contribution is 2.22. The second kappa shape index (κ2) is 7.21. The Kier molecular flexibility index (Phi) is 7.09. The van der Waals surface area contributed by atoms with Gasteiger partial charge in [-0.1, -0.05) is 11.6 Å². The molecule has 2 N–H and O–H groups in total. The van der Waals surface area contributed by atoms with E-state index in [4.69, 9.17) is 17.3 Å². The van der Waals surface area contributed by atoms with Crippen LogP contribution >= 0.6 is 39.9 Å². The Morgan fingerprint density at radius 1 is 1.59 bits per heavy atom. The summed E-state index contributed by atoms with van der Waals surface area (Å²) in [6.07, 6.45) is 0. The standard InChI is InChI=1S/C11H14BrClN2O.ClH/c1-7(6-14)15(2)11(16)9-4-3-8(13)5-10(9)12;/h3-5,7H,6,14H2,1-2H3;1H. The van der Waals surface area contributed by atoms with Gasteiger partial charge in [-0.2, -0.15) is 0 Å². The summed E-state index contributed by atoms with van der Waals surface area (Å²) in [6, 6.07) is 5.11. The number of carbonyl (C=O) groups excluding carboxylic acids is 1. The third kappa shape index (κ3) is 4.14. The van der Waals surface area contributed by atoms with Gasteiger partial charge in [-0.25, -0.2) is 0 Å². The highest BCUT2D eigenvalue weighted by Gasteiger charge is 2.18. The molecule has 3 nitrogen and oxygen atoms in total. The predicted molar refractivity (Wildman–Crippen MR) is 77.0 cm³/mol. The zero-order chi connectivity index (χ0) is 12.3. The van der Waals surface area contributed by atoms with Gasteiger partial charge in [-0.05, 0) is 41.1 Å². The molecule has 0 radical (unpaired) electrons. The van der Waals surface area contributed by atoms with Crippen LogP contribution in [-0.2, 0) is 0 Å². The average Bonchev–Trinajstić information content (AvgIpc) is 2.26. The first-order valence-corrected chi connectivity index (χ1v) is 6.06. The van der Waals surface area contributed by atoms with Crippen LogP contribution in [0.4, 0.5) is 0 Å². The molecule has 0 heterocycles. The maximum atomic E-state index is 12.1. The first kappa shape index (κ1) is 16.7. The van der Waals surface area contributed by atoms with Gasteiger partial charge in [0.15, 0.2) is 0 Å². The normalized spacial score (nSPS) is 11.6. The third-order valence-electron chi connectivity index (χ3n) is 2.48. The summed E-state index contributed by atoms with van der Waals surface area (Å²) in [7, 11) is 1.74. The molecule has 0 aliphatic carbocycles. The van der Waals surface area contributed by atoms with E-state index in [-0.39, 0.29) is 24.4 Å². The SMILES string of the molecule is CC(CN)N(C)C(=O)c1ccc(Cl)cc1Br.Cl. The van der Waals surface area contributed by atoms with Gasteiger partial charge in [0, 0.05) is 29.1 Å². The molecular formula is C11H15BrCl2N2O. The molecule has 0 fully saturated rings. The van der Waals surface area contributed by atoms with Crippen LogP contribution in [0.15, 0.2) is 22.7 Å².